The van der Waals surface area contributed by atoms with Gasteiger partial charge in [-0.3, -0.25) is 5.41 Å². The van der Waals surface area contributed by atoms with Crippen LogP contribution < -0.4 is 15.2 Å². The topological polar surface area (TPSA) is 77.6 Å². The highest BCUT2D eigenvalue weighted by molar-refractivity contribution is 9.10. The van der Waals surface area contributed by atoms with Crippen LogP contribution in [-0.2, 0) is 4.74 Å². The van der Waals surface area contributed by atoms with Crippen LogP contribution in [-0.4, -0.2) is 19.7 Å². The lowest BCUT2D eigenvalue weighted by Gasteiger charge is -2.28. The number of amidine groups is 1. The fourth-order valence-electron chi connectivity index (χ4n) is 2.60. The molecule has 0 radical (unpaired) electrons. The third kappa shape index (κ3) is 2.96. The number of nitrogens with one attached hydrogen (secondary N) is 1. The van der Waals surface area contributed by atoms with E-state index < -0.39 is 11.8 Å². The number of benzene rings is 2. The summed E-state index contributed by atoms with van der Waals surface area (Å²) in [7, 11) is 1.57. The molecule has 0 unspecified atom stereocenters. The van der Waals surface area contributed by atoms with Crippen LogP contribution in [0.2, 0.25) is 0 Å². The standard InChI is InChI=1S/C16H14BrFN2O3/c1-21-9-2-3-14-10(6-9)12(7-22-16(19)20)11-4-8(17)5-13(18)15(11)23-14/h2-6,12H,7H2,1H3,(H3,19,20)/t12-/m1/s1. The molecular weight excluding hydrogens is 367 g/mol. The molecule has 0 saturated heterocycles. The van der Waals surface area contributed by atoms with Gasteiger partial charge in [0.15, 0.2) is 11.6 Å². The summed E-state index contributed by atoms with van der Waals surface area (Å²) in [6.07, 6.45) is 0. The molecule has 23 heavy (non-hydrogen) atoms. The largest absolute Gasteiger partial charge is 0.497 e. The molecule has 7 heteroatoms. The zero-order valence-corrected chi connectivity index (χ0v) is 13.8. The van der Waals surface area contributed by atoms with Crippen molar-refractivity contribution in [3.05, 3.63) is 51.7 Å². The van der Waals surface area contributed by atoms with Gasteiger partial charge in [0.1, 0.15) is 18.1 Å². The molecule has 0 spiro atoms. The van der Waals surface area contributed by atoms with E-state index in [4.69, 9.17) is 25.4 Å². The van der Waals surface area contributed by atoms with Crippen molar-refractivity contribution >= 4 is 22.0 Å². The van der Waals surface area contributed by atoms with Gasteiger partial charge >= 0.3 is 0 Å². The van der Waals surface area contributed by atoms with Gasteiger partial charge in [0, 0.05) is 15.6 Å². The first kappa shape index (κ1) is 15.6. The van der Waals surface area contributed by atoms with Gasteiger partial charge in [-0.1, -0.05) is 15.9 Å². The second-order valence-corrected chi connectivity index (χ2v) is 5.96. The van der Waals surface area contributed by atoms with E-state index in [0.717, 1.165) is 5.56 Å². The quantitative estimate of drug-likeness (QED) is 0.627. The predicted molar refractivity (Wildman–Crippen MR) is 86.9 cm³/mol. The van der Waals surface area contributed by atoms with E-state index >= 15 is 0 Å². The van der Waals surface area contributed by atoms with Gasteiger partial charge in [-0.2, -0.15) is 0 Å². The van der Waals surface area contributed by atoms with Gasteiger partial charge < -0.3 is 19.9 Å². The molecule has 0 fully saturated rings. The summed E-state index contributed by atoms with van der Waals surface area (Å²) in [6, 6.07) is 8.00. The summed E-state index contributed by atoms with van der Waals surface area (Å²) >= 11 is 3.29. The highest BCUT2D eigenvalue weighted by Crippen LogP contribution is 2.47. The third-order valence-electron chi connectivity index (χ3n) is 3.62. The monoisotopic (exact) mass is 380 g/mol. The average molecular weight is 381 g/mol. The Morgan fingerprint density at radius 2 is 2.13 bits per heavy atom. The fourth-order valence-corrected chi connectivity index (χ4v) is 3.04. The van der Waals surface area contributed by atoms with Crippen molar-refractivity contribution in [2.75, 3.05) is 13.7 Å². The fraction of sp³-hybridized carbons (Fsp3) is 0.188. The zero-order chi connectivity index (χ0) is 16.6. The number of ether oxygens (including phenoxy) is 3. The van der Waals surface area contributed by atoms with Crippen LogP contribution in [0.1, 0.15) is 17.0 Å². The van der Waals surface area contributed by atoms with Crippen LogP contribution in [0.5, 0.6) is 17.2 Å². The van der Waals surface area contributed by atoms with E-state index in [1.807, 2.05) is 6.07 Å². The lowest BCUT2D eigenvalue weighted by Crippen LogP contribution is -2.22. The van der Waals surface area contributed by atoms with Crippen LogP contribution in [0.4, 0.5) is 4.39 Å². The molecule has 0 bridgehead atoms. The number of methoxy groups -OCH3 is 1. The number of hydrogen-bond donors (Lipinski definition) is 2. The van der Waals surface area contributed by atoms with Gasteiger partial charge in [-0.25, -0.2) is 4.39 Å². The number of halogens is 2. The molecule has 1 aliphatic rings. The Bertz CT molecular complexity index is 782. The Labute approximate surface area is 140 Å². The van der Waals surface area contributed by atoms with Crippen LogP contribution >= 0.6 is 15.9 Å². The molecule has 2 aromatic carbocycles. The first-order valence-corrected chi connectivity index (χ1v) is 7.60. The molecule has 0 aromatic heterocycles. The van der Waals surface area contributed by atoms with E-state index in [9.17, 15) is 4.39 Å². The van der Waals surface area contributed by atoms with Crippen molar-refractivity contribution in [1.82, 2.24) is 0 Å². The van der Waals surface area contributed by atoms with Crippen LogP contribution in [0.25, 0.3) is 0 Å². The summed E-state index contributed by atoms with van der Waals surface area (Å²) < 4.78 is 31.0. The van der Waals surface area contributed by atoms with Crippen molar-refractivity contribution in [3.8, 4) is 17.2 Å². The molecule has 2 aromatic rings. The molecule has 1 heterocycles. The first-order valence-electron chi connectivity index (χ1n) is 6.81. The molecule has 1 aliphatic heterocycles. The molecule has 0 amide bonds. The van der Waals surface area contributed by atoms with E-state index in [2.05, 4.69) is 15.9 Å². The Hall–Kier alpha value is -2.28. The Balaban J connectivity index is 2.13. The summed E-state index contributed by atoms with van der Waals surface area (Å²) in [6.45, 7) is 0.0990. The number of rotatable bonds is 3. The highest BCUT2D eigenvalue weighted by atomic mass is 79.9. The normalized spacial score (nSPS) is 15.2. The number of fused-ring (bicyclic) bond motifs is 2. The van der Waals surface area contributed by atoms with Crippen molar-refractivity contribution in [2.24, 2.45) is 5.73 Å². The maximum Gasteiger partial charge on any atom is 0.279 e. The predicted octanol–water partition coefficient (Wildman–Crippen LogP) is 3.74. The lowest BCUT2D eigenvalue weighted by molar-refractivity contribution is 0.272. The molecule has 3 N–H and O–H groups in total. The minimum atomic E-state index is -0.469. The van der Waals surface area contributed by atoms with Crippen molar-refractivity contribution < 1.29 is 18.6 Å². The van der Waals surface area contributed by atoms with Gasteiger partial charge in [-0.15, -0.1) is 0 Å². The Morgan fingerprint density at radius 3 is 2.83 bits per heavy atom. The summed E-state index contributed by atoms with van der Waals surface area (Å²) in [5.41, 5.74) is 6.70. The maximum atomic E-state index is 14.3. The molecule has 1 atom stereocenters. The molecule has 0 saturated carbocycles. The minimum Gasteiger partial charge on any atom is -0.497 e. The molecule has 120 valence electrons. The second kappa shape index (κ2) is 6.08. The lowest BCUT2D eigenvalue weighted by atomic mass is 9.88. The minimum absolute atomic E-state index is 0.0990. The number of nitrogens with two attached hydrogens (primary N) is 1. The molecule has 3 rings (SSSR count). The second-order valence-electron chi connectivity index (χ2n) is 5.04. The number of hydrogen-bond acceptors (Lipinski definition) is 4. The summed E-state index contributed by atoms with van der Waals surface area (Å²) in [5.74, 6) is 0.530. The SMILES string of the molecule is COc1ccc2c(c1)[C@@H](COC(=N)N)c1cc(Br)cc(F)c1O2. The average Bonchev–Trinajstić information content (AvgIpc) is 2.51. The first-order chi connectivity index (χ1) is 11.0. The van der Waals surface area contributed by atoms with Crippen molar-refractivity contribution in [1.29, 1.82) is 5.41 Å². The third-order valence-corrected chi connectivity index (χ3v) is 4.08. The van der Waals surface area contributed by atoms with Crippen molar-refractivity contribution in [2.45, 2.75) is 5.92 Å². The van der Waals surface area contributed by atoms with Crippen molar-refractivity contribution in [3.63, 3.8) is 0 Å². The summed E-state index contributed by atoms with van der Waals surface area (Å²) in [5, 5.41) is 7.26. The molecule has 5 nitrogen and oxygen atoms in total. The highest BCUT2D eigenvalue weighted by Gasteiger charge is 2.31. The summed E-state index contributed by atoms with van der Waals surface area (Å²) in [4.78, 5) is 0. The molecular formula is C16H14BrFN2O3. The van der Waals surface area contributed by atoms with Gasteiger partial charge in [0.25, 0.3) is 6.02 Å². The van der Waals surface area contributed by atoms with Crippen LogP contribution in [0, 0.1) is 11.2 Å². The van der Waals surface area contributed by atoms with E-state index in [1.54, 1.807) is 25.3 Å². The van der Waals surface area contributed by atoms with E-state index in [1.165, 1.54) is 6.07 Å². The van der Waals surface area contributed by atoms with E-state index in [0.29, 0.717) is 21.5 Å². The van der Waals surface area contributed by atoms with Gasteiger partial charge in [-0.05, 0) is 30.3 Å². The van der Waals surface area contributed by atoms with E-state index in [-0.39, 0.29) is 18.3 Å². The van der Waals surface area contributed by atoms with Gasteiger partial charge in [0.05, 0.1) is 13.0 Å². The zero-order valence-electron chi connectivity index (χ0n) is 12.2. The smallest absolute Gasteiger partial charge is 0.279 e. The maximum absolute atomic E-state index is 14.3. The van der Waals surface area contributed by atoms with Gasteiger partial charge in [0.2, 0.25) is 0 Å². The Morgan fingerprint density at radius 1 is 1.35 bits per heavy atom. The molecule has 0 aliphatic carbocycles. The van der Waals surface area contributed by atoms with Crippen LogP contribution in [0.3, 0.4) is 0 Å². The van der Waals surface area contributed by atoms with Crippen LogP contribution in [0.15, 0.2) is 34.8 Å². The Kier molecular flexibility index (Phi) is 4.12.